The summed E-state index contributed by atoms with van der Waals surface area (Å²) in [6.45, 7) is 2.28. The highest BCUT2D eigenvalue weighted by Gasteiger charge is 2.12. The topological polar surface area (TPSA) is 106 Å². The van der Waals surface area contributed by atoms with E-state index in [9.17, 15) is 9.59 Å². The molecule has 3 aromatic rings. The number of nitrogens with one attached hydrogen (secondary N) is 2. The van der Waals surface area contributed by atoms with Crippen LogP contribution in [0.1, 0.15) is 23.0 Å². The van der Waals surface area contributed by atoms with E-state index in [4.69, 9.17) is 21.1 Å². The van der Waals surface area contributed by atoms with Crippen molar-refractivity contribution in [2.24, 2.45) is 5.10 Å². The molecule has 0 radical (unpaired) electrons. The van der Waals surface area contributed by atoms with E-state index in [1.807, 2.05) is 25.1 Å². The number of ether oxygens (including phenoxy) is 2. The minimum absolute atomic E-state index is 0.0355. The van der Waals surface area contributed by atoms with Gasteiger partial charge in [-0.25, -0.2) is 10.2 Å². The van der Waals surface area contributed by atoms with Gasteiger partial charge in [0.15, 0.2) is 11.5 Å². The van der Waals surface area contributed by atoms with E-state index in [2.05, 4.69) is 20.5 Å². The van der Waals surface area contributed by atoms with Crippen LogP contribution in [0.15, 0.2) is 58.4 Å². The van der Waals surface area contributed by atoms with Gasteiger partial charge < -0.3 is 14.5 Å². The van der Waals surface area contributed by atoms with Crippen molar-refractivity contribution in [2.75, 3.05) is 13.7 Å². The maximum absolute atomic E-state index is 12.4. The van der Waals surface area contributed by atoms with Crippen molar-refractivity contribution in [3.63, 3.8) is 0 Å². The Morgan fingerprint density at radius 1 is 1.27 bits per heavy atom. The third kappa shape index (κ3) is 5.03. The predicted molar refractivity (Wildman–Crippen MR) is 115 cm³/mol. The van der Waals surface area contributed by atoms with Gasteiger partial charge >= 0.3 is 5.69 Å². The maximum atomic E-state index is 12.4. The van der Waals surface area contributed by atoms with Gasteiger partial charge in [-0.2, -0.15) is 10.1 Å². The van der Waals surface area contributed by atoms with Crippen LogP contribution in [-0.4, -0.2) is 35.8 Å². The summed E-state index contributed by atoms with van der Waals surface area (Å²) >= 11 is 6.22. The van der Waals surface area contributed by atoms with Crippen LogP contribution in [0.25, 0.3) is 11.3 Å². The average Bonchev–Trinajstić information content (AvgIpc) is 2.75. The molecule has 0 atom stereocenters. The van der Waals surface area contributed by atoms with E-state index >= 15 is 0 Å². The van der Waals surface area contributed by atoms with Crippen molar-refractivity contribution in [2.45, 2.75) is 6.92 Å². The summed E-state index contributed by atoms with van der Waals surface area (Å²) in [4.78, 5) is 30.6. The van der Waals surface area contributed by atoms with Crippen LogP contribution in [-0.2, 0) is 0 Å². The maximum Gasteiger partial charge on any atom is 0.346 e. The second kappa shape index (κ2) is 9.71. The van der Waals surface area contributed by atoms with Gasteiger partial charge in [0.1, 0.15) is 5.69 Å². The number of aromatic nitrogens is 2. The molecule has 1 heterocycles. The van der Waals surface area contributed by atoms with Crippen LogP contribution in [0, 0.1) is 0 Å². The van der Waals surface area contributed by atoms with Crippen molar-refractivity contribution in [1.82, 2.24) is 15.4 Å². The first-order valence-electron chi connectivity index (χ1n) is 9.02. The fourth-order valence-electron chi connectivity index (χ4n) is 2.66. The zero-order chi connectivity index (χ0) is 21.5. The average molecular weight is 427 g/mol. The molecule has 0 unspecified atom stereocenters. The van der Waals surface area contributed by atoms with Gasteiger partial charge in [0.05, 0.1) is 30.6 Å². The Morgan fingerprint density at radius 3 is 2.73 bits per heavy atom. The number of carbonyl (C=O) groups excluding carboxylic acids is 1. The summed E-state index contributed by atoms with van der Waals surface area (Å²) in [5.74, 6) is 0.292. The molecule has 30 heavy (non-hydrogen) atoms. The van der Waals surface area contributed by atoms with E-state index in [0.29, 0.717) is 34.4 Å². The normalized spacial score (nSPS) is 10.8. The lowest BCUT2D eigenvalue weighted by Gasteiger charge is -2.11. The third-order valence-corrected chi connectivity index (χ3v) is 4.26. The second-order valence-corrected chi connectivity index (χ2v) is 6.42. The molecule has 0 bridgehead atoms. The van der Waals surface area contributed by atoms with Gasteiger partial charge in [-0.05, 0) is 30.7 Å². The number of benzene rings is 2. The molecule has 2 aromatic carbocycles. The first-order chi connectivity index (χ1) is 14.5. The third-order valence-electron chi connectivity index (χ3n) is 3.98. The molecule has 1 aromatic heterocycles. The summed E-state index contributed by atoms with van der Waals surface area (Å²) in [5.41, 5.74) is 3.47. The van der Waals surface area contributed by atoms with Crippen molar-refractivity contribution in [1.29, 1.82) is 0 Å². The zero-order valence-corrected chi connectivity index (χ0v) is 17.1. The lowest BCUT2D eigenvalue weighted by molar-refractivity contribution is 0.0949. The summed E-state index contributed by atoms with van der Waals surface area (Å²) in [7, 11) is 1.50. The molecular formula is C21H19ClN4O4. The Hall–Kier alpha value is -3.65. The SMILES string of the molecule is CCOc1c(Cl)cc(/C=N/NC(=O)c2cc(-c3ccccc3)nc(=O)[nH]2)cc1OC. The minimum Gasteiger partial charge on any atom is -0.493 e. The first-order valence-corrected chi connectivity index (χ1v) is 9.40. The molecule has 0 spiro atoms. The van der Waals surface area contributed by atoms with Gasteiger partial charge in [0, 0.05) is 5.56 Å². The fourth-order valence-corrected chi connectivity index (χ4v) is 2.93. The molecule has 0 aliphatic heterocycles. The highest BCUT2D eigenvalue weighted by atomic mass is 35.5. The lowest BCUT2D eigenvalue weighted by Crippen LogP contribution is -2.24. The number of methoxy groups -OCH3 is 1. The highest BCUT2D eigenvalue weighted by molar-refractivity contribution is 6.32. The van der Waals surface area contributed by atoms with Crippen molar-refractivity contribution in [3.05, 3.63) is 75.3 Å². The Labute approximate surface area is 177 Å². The van der Waals surface area contributed by atoms with Gasteiger partial charge in [-0.15, -0.1) is 0 Å². The van der Waals surface area contributed by atoms with E-state index in [-0.39, 0.29) is 5.69 Å². The van der Waals surface area contributed by atoms with E-state index in [0.717, 1.165) is 5.56 Å². The molecule has 0 fully saturated rings. The Kier molecular flexibility index (Phi) is 6.82. The van der Waals surface area contributed by atoms with Crippen LogP contribution in [0.4, 0.5) is 0 Å². The van der Waals surface area contributed by atoms with Gasteiger partial charge in [-0.1, -0.05) is 41.9 Å². The second-order valence-electron chi connectivity index (χ2n) is 6.02. The molecule has 2 N–H and O–H groups in total. The minimum atomic E-state index is -0.631. The number of nitrogens with zero attached hydrogens (tertiary/aromatic N) is 2. The standard InChI is InChI=1S/C21H19ClN4O4/c1-3-30-19-15(22)9-13(10-18(19)29-2)12-23-26-20(27)17-11-16(24-21(28)25-17)14-7-5-4-6-8-14/h4-12H,3H2,1-2H3,(H,26,27)(H,24,25,28)/b23-12+. The summed E-state index contributed by atoms with van der Waals surface area (Å²) in [6, 6.07) is 13.9. The number of hydrogen-bond acceptors (Lipinski definition) is 6. The quantitative estimate of drug-likeness (QED) is 0.445. The largest absolute Gasteiger partial charge is 0.493 e. The zero-order valence-electron chi connectivity index (χ0n) is 16.3. The number of hydrazone groups is 1. The molecule has 0 saturated carbocycles. The molecule has 3 rings (SSSR count). The first kappa shape index (κ1) is 21.1. The van der Waals surface area contributed by atoms with Gasteiger partial charge in [-0.3, -0.25) is 4.79 Å². The molecular weight excluding hydrogens is 408 g/mol. The van der Waals surface area contributed by atoms with E-state index in [1.54, 1.807) is 24.3 Å². The summed E-state index contributed by atoms with van der Waals surface area (Å²) < 4.78 is 10.7. The summed E-state index contributed by atoms with van der Waals surface area (Å²) in [6.07, 6.45) is 1.40. The van der Waals surface area contributed by atoms with Crippen LogP contribution < -0.4 is 20.6 Å². The number of halogens is 1. The fraction of sp³-hybridized carbons (Fsp3) is 0.143. The molecule has 154 valence electrons. The number of hydrogen-bond donors (Lipinski definition) is 2. The number of amides is 1. The molecule has 9 heteroatoms. The highest BCUT2D eigenvalue weighted by Crippen LogP contribution is 2.35. The predicted octanol–water partition coefficient (Wildman–Crippen LogP) is 3.26. The molecule has 0 aliphatic rings. The molecule has 0 saturated heterocycles. The van der Waals surface area contributed by atoms with Crippen molar-refractivity contribution in [3.8, 4) is 22.8 Å². The lowest BCUT2D eigenvalue weighted by atomic mass is 10.1. The molecule has 1 amide bonds. The van der Waals surface area contributed by atoms with E-state index < -0.39 is 11.6 Å². The van der Waals surface area contributed by atoms with Crippen LogP contribution in [0.3, 0.4) is 0 Å². The number of H-pyrrole nitrogens is 1. The number of aromatic amines is 1. The van der Waals surface area contributed by atoms with Crippen LogP contribution in [0.2, 0.25) is 5.02 Å². The van der Waals surface area contributed by atoms with Crippen LogP contribution >= 0.6 is 11.6 Å². The monoisotopic (exact) mass is 426 g/mol. The summed E-state index contributed by atoms with van der Waals surface area (Å²) in [5, 5.41) is 4.28. The van der Waals surface area contributed by atoms with Crippen molar-refractivity contribution < 1.29 is 14.3 Å². The smallest absolute Gasteiger partial charge is 0.346 e. The molecule has 0 aliphatic carbocycles. The van der Waals surface area contributed by atoms with Crippen molar-refractivity contribution >= 4 is 23.7 Å². The number of rotatable bonds is 7. The van der Waals surface area contributed by atoms with Gasteiger partial charge in [0.25, 0.3) is 5.91 Å². The van der Waals surface area contributed by atoms with Gasteiger partial charge in [0.2, 0.25) is 0 Å². The van der Waals surface area contributed by atoms with Crippen LogP contribution in [0.5, 0.6) is 11.5 Å². The Bertz CT molecular complexity index is 1130. The Balaban J connectivity index is 1.78. The number of carbonyl (C=O) groups is 1. The Morgan fingerprint density at radius 2 is 2.03 bits per heavy atom. The molecule has 8 nitrogen and oxygen atoms in total. The van der Waals surface area contributed by atoms with E-state index in [1.165, 1.54) is 19.4 Å².